The van der Waals surface area contributed by atoms with Gasteiger partial charge in [0.1, 0.15) is 0 Å². The average Bonchev–Trinajstić information content (AvgIpc) is 2.88. The lowest BCUT2D eigenvalue weighted by molar-refractivity contribution is 0.0301. The Morgan fingerprint density at radius 2 is 1.82 bits per heavy atom. The number of benzene rings is 1. The van der Waals surface area contributed by atoms with Crippen molar-refractivity contribution in [3.8, 4) is 0 Å². The van der Waals surface area contributed by atoms with E-state index < -0.39 is 0 Å². The van der Waals surface area contributed by atoms with Crippen LogP contribution in [0.2, 0.25) is 0 Å². The summed E-state index contributed by atoms with van der Waals surface area (Å²) in [6.07, 6.45) is 6.09. The second-order valence-electron chi connectivity index (χ2n) is 8.52. The lowest BCUT2D eigenvalue weighted by atomic mass is 9.98. The summed E-state index contributed by atoms with van der Waals surface area (Å²) in [7, 11) is 0. The van der Waals surface area contributed by atoms with Gasteiger partial charge in [-0.05, 0) is 44.4 Å². The third-order valence-electron chi connectivity index (χ3n) is 6.46. The number of hydrogen-bond donors (Lipinski definition) is 0. The Kier molecular flexibility index (Phi) is 6.00. The van der Waals surface area contributed by atoms with Crippen molar-refractivity contribution in [2.75, 3.05) is 32.8 Å². The molecule has 1 aromatic carbocycles. The fraction of sp³-hybridized carbons (Fsp3) is 0.400. The molecule has 2 aliphatic rings. The molecule has 2 aliphatic heterocycles. The first-order chi connectivity index (χ1) is 16.1. The van der Waals surface area contributed by atoms with Crippen LogP contribution >= 0.6 is 0 Å². The van der Waals surface area contributed by atoms with Gasteiger partial charge in [-0.2, -0.15) is 0 Å². The van der Waals surface area contributed by atoms with Crippen LogP contribution in [0.1, 0.15) is 57.5 Å². The van der Waals surface area contributed by atoms with Crippen LogP contribution in [0.15, 0.2) is 42.7 Å². The Morgan fingerprint density at radius 1 is 0.970 bits per heavy atom. The third kappa shape index (κ3) is 4.18. The van der Waals surface area contributed by atoms with Gasteiger partial charge in [0.2, 0.25) is 0 Å². The molecule has 170 valence electrons. The molecule has 1 atom stereocenters. The second kappa shape index (κ2) is 9.23. The van der Waals surface area contributed by atoms with E-state index in [1.807, 2.05) is 42.2 Å². The highest BCUT2D eigenvalue weighted by atomic mass is 16.5. The highest BCUT2D eigenvalue weighted by Crippen LogP contribution is 2.32. The molecule has 33 heavy (non-hydrogen) atoms. The van der Waals surface area contributed by atoms with E-state index in [0.717, 1.165) is 30.2 Å². The predicted octanol–water partition coefficient (Wildman–Crippen LogP) is 3.17. The molecule has 0 radical (unpaired) electrons. The topological polar surface area (TPSA) is 88.5 Å². The molecule has 2 aromatic heterocycles. The van der Waals surface area contributed by atoms with E-state index >= 15 is 0 Å². The van der Waals surface area contributed by atoms with E-state index in [-0.39, 0.29) is 17.9 Å². The summed E-state index contributed by atoms with van der Waals surface area (Å²) in [6, 6.07) is 9.20. The van der Waals surface area contributed by atoms with E-state index in [4.69, 9.17) is 9.72 Å². The normalized spacial score (nSPS) is 19.0. The van der Waals surface area contributed by atoms with Gasteiger partial charge in [0, 0.05) is 43.0 Å². The molecule has 8 nitrogen and oxygen atoms in total. The second-order valence-corrected chi connectivity index (χ2v) is 8.52. The van der Waals surface area contributed by atoms with Gasteiger partial charge in [0.25, 0.3) is 11.8 Å². The molecule has 0 saturated carbocycles. The summed E-state index contributed by atoms with van der Waals surface area (Å²) in [6.45, 7) is 4.73. The SMILES string of the molecule is Cc1nc([C@@H]2CCCCN2C(=O)c2cccc3ncccc23)ncc1C(=O)N1CCOCC1. The number of carbonyl (C=O) groups excluding carboxylic acids is 2. The van der Waals surface area contributed by atoms with Crippen LogP contribution in [0, 0.1) is 6.92 Å². The highest BCUT2D eigenvalue weighted by molar-refractivity contribution is 6.06. The van der Waals surface area contributed by atoms with E-state index in [2.05, 4.69) is 9.97 Å². The maximum absolute atomic E-state index is 13.6. The van der Waals surface area contributed by atoms with E-state index in [9.17, 15) is 9.59 Å². The molecule has 8 heteroatoms. The van der Waals surface area contributed by atoms with Gasteiger partial charge in [-0.1, -0.05) is 12.1 Å². The molecule has 2 fully saturated rings. The number of hydrogen-bond acceptors (Lipinski definition) is 6. The van der Waals surface area contributed by atoms with Crippen LogP contribution in [0.3, 0.4) is 0 Å². The smallest absolute Gasteiger partial charge is 0.257 e. The van der Waals surface area contributed by atoms with Crippen LogP contribution in [0.25, 0.3) is 10.9 Å². The summed E-state index contributed by atoms with van der Waals surface area (Å²) in [5.41, 5.74) is 2.59. The number of morpholine rings is 1. The Bertz CT molecular complexity index is 1190. The molecule has 0 bridgehead atoms. The first kappa shape index (κ1) is 21.5. The number of pyridine rings is 1. The zero-order valence-corrected chi connectivity index (χ0v) is 18.7. The lowest BCUT2D eigenvalue weighted by Gasteiger charge is -2.35. The van der Waals surface area contributed by atoms with Gasteiger partial charge in [0.05, 0.1) is 36.0 Å². The maximum Gasteiger partial charge on any atom is 0.257 e. The quantitative estimate of drug-likeness (QED) is 0.615. The molecule has 2 saturated heterocycles. The minimum atomic E-state index is -0.218. The molecule has 0 N–H and O–H groups in total. The Balaban J connectivity index is 1.43. The van der Waals surface area contributed by atoms with E-state index in [1.165, 1.54) is 0 Å². The predicted molar refractivity (Wildman–Crippen MR) is 123 cm³/mol. The number of aryl methyl sites for hydroxylation is 1. The highest BCUT2D eigenvalue weighted by Gasteiger charge is 2.32. The standard InChI is InChI=1S/C25H27N5O3/c1-17-20(24(31)29-12-14-33-15-13-29)16-27-23(28-17)22-9-2-3-11-30(22)25(32)19-6-4-8-21-18(19)7-5-10-26-21/h4-8,10,16,22H,2-3,9,11-15H2,1H3/t22-/m0/s1. The van der Waals surface area contributed by atoms with Gasteiger partial charge in [-0.25, -0.2) is 9.97 Å². The first-order valence-electron chi connectivity index (χ1n) is 11.5. The first-order valence-corrected chi connectivity index (χ1v) is 11.5. The van der Waals surface area contributed by atoms with E-state index in [0.29, 0.717) is 55.5 Å². The van der Waals surface area contributed by atoms with Crippen molar-refractivity contribution in [1.29, 1.82) is 0 Å². The molecule has 0 unspecified atom stereocenters. The number of aromatic nitrogens is 3. The van der Waals surface area contributed by atoms with Crippen molar-refractivity contribution in [3.63, 3.8) is 0 Å². The number of piperidine rings is 1. The fourth-order valence-corrected chi connectivity index (χ4v) is 4.68. The average molecular weight is 446 g/mol. The monoisotopic (exact) mass is 445 g/mol. The van der Waals surface area contributed by atoms with Crippen LogP contribution in [-0.2, 0) is 4.74 Å². The molecule has 0 spiro atoms. The number of nitrogens with zero attached hydrogens (tertiary/aromatic N) is 5. The van der Waals surface area contributed by atoms with Crippen LogP contribution in [0.5, 0.6) is 0 Å². The number of likely N-dealkylation sites (tertiary alicyclic amines) is 1. The molecule has 5 rings (SSSR count). The van der Waals surface area contributed by atoms with Crippen molar-refractivity contribution in [2.24, 2.45) is 0 Å². The van der Waals surface area contributed by atoms with Gasteiger partial charge >= 0.3 is 0 Å². The largest absolute Gasteiger partial charge is 0.378 e. The zero-order valence-electron chi connectivity index (χ0n) is 18.7. The summed E-state index contributed by atoms with van der Waals surface area (Å²) < 4.78 is 5.35. The Morgan fingerprint density at radius 3 is 2.64 bits per heavy atom. The number of amides is 2. The number of fused-ring (bicyclic) bond motifs is 1. The fourth-order valence-electron chi connectivity index (χ4n) is 4.68. The summed E-state index contributed by atoms with van der Waals surface area (Å²) in [4.78, 5) is 43.9. The van der Waals surface area contributed by atoms with Crippen molar-refractivity contribution >= 4 is 22.7 Å². The molecular formula is C25H27N5O3. The zero-order chi connectivity index (χ0) is 22.8. The van der Waals surface area contributed by atoms with Crippen LogP contribution < -0.4 is 0 Å². The Labute approximate surface area is 192 Å². The summed E-state index contributed by atoms with van der Waals surface area (Å²) in [5, 5.41) is 0.845. The molecule has 4 heterocycles. The van der Waals surface area contributed by atoms with Crippen molar-refractivity contribution < 1.29 is 14.3 Å². The lowest BCUT2D eigenvalue weighted by Crippen LogP contribution is -2.41. The summed E-state index contributed by atoms with van der Waals surface area (Å²) >= 11 is 0. The van der Waals surface area contributed by atoms with Crippen LogP contribution in [0.4, 0.5) is 0 Å². The molecule has 3 aromatic rings. The minimum absolute atomic E-state index is 0.0342. The number of carbonyl (C=O) groups is 2. The van der Waals surface area contributed by atoms with Crippen molar-refractivity contribution in [3.05, 3.63) is 65.4 Å². The van der Waals surface area contributed by atoms with Crippen molar-refractivity contribution in [2.45, 2.75) is 32.2 Å². The number of ether oxygens (including phenoxy) is 1. The third-order valence-corrected chi connectivity index (χ3v) is 6.46. The van der Waals surface area contributed by atoms with Gasteiger partial charge in [-0.3, -0.25) is 14.6 Å². The molecule has 0 aliphatic carbocycles. The van der Waals surface area contributed by atoms with Gasteiger partial charge < -0.3 is 14.5 Å². The van der Waals surface area contributed by atoms with Gasteiger partial charge in [0.15, 0.2) is 5.82 Å². The molecular weight excluding hydrogens is 418 g/mol. The summed E-state index contributed by atoms with van der Waals surface area (Å²) in [5.74, 6) is 0.493. The van der Waals surface area contributed by atoms with Crippen molar-refractivity contribution in [1.82, 2.24) is 24.8 Å². The van der Waals surface area contributed by atoms with Gasteiger partial charge in [-0.15, -0.1) is 0 Å². The number of rotatable bonds is 3. The minimum Gasteiger partial charge on any atom is -0.378 e. The Hall–Kier alpha value is -3.39. The van der Waals surface area contributed by atoms with E-state index in [1.54, 1.807) is 17.3 Å². The molecule has 2 amide bonds. The van der Waals surface area contributed by atoms with Crippen LogP contribution in [-0.4, -0.2) is 69.4 Å². The maximum atomic E-state index is 13.6.